The molecule has 148 valence electrons. The molecule has 1 saturated heterocycles. The third-order valence-electron chi connectivity index (χ3n) is 4.74. The fourth-order valence-electron chi connectivity index (χ4n) is 3.21. The largest absolute Gasteiger partial charge is 0.497 e. The maximum Gasteiger partial charge on any atom is 0.331 e. The number of nitrogens with zero attached hydrogens (tertiary/aromatic N) is 2. The molecule has 28 heavy (non-hydrogen) atoms. The molecule has 2 heterocycles. The first kappa shape index (κ1) is 18.6. The Hall–Kier alpha value is -2.72. The predicted octanol–water partition coefficient (Wildman–Crippen LogP) is 1.53. The van der Waals surface area contributed by atoms with Gasteiger partial charge in [-0.15, -0.1) is 0 Å². The minimum Gasteiger partial charge on any atom is -0.497 e. The molecular weight excluding hydrogens is 384 g/mol. The van der Waals surface area contributed by atoms with Crippen molar-refractivity contribution in [2.24, 2.45) is 0 Å². The Morgan fingerprint density at radius 2 is 1.89 bits per heavy atom. The second kappa shape index (κ2) is 7.36. The number of hydrogen-bond donors (Lipinski definition) is 2. The number of nitrogens with one attached hydrogen (secondary N) is 2. The summed E-state index contributed by atoms with van der Waals surface area (Å²) in [6.45, 7) is -0.195. The molecule has 0 aromatic heterocycles. The van der Waals surface area contributed by atoms with E-state index in [0.717, 1.165) is 12.8 Å². The number of methoxy groups -OCH3 is 2. The van der Waals surface area contributed by atoms with Crippen molar-refractivity contribution >= 4 is 35.5 Å². The summed E-state index contributed by atoms with van der Waals surface area (Å²) in [5.74, 6) is 0.435. The van der Waals surface area contributed by atoms with Crippen molar-refractivity contribution < 1.29 is 23.9 Å². The highest BCUT2D eigenvalue weighted by Gasteiger charge is 2.50. The van der Waals surface area contributed by atoms with Gasteiger partial charge in [0, 0.05) is 35.3 Å². The van der Waals surface area contributed by atoms with E-state index in [-0.39, 0.29) is 24.4 Å². The Bertz CT molecular complexity index is 847. The number of benzene rings is 1. The van der Waals surface area contributed by atoms with Crippen LogP contribution in [0.1, 0.15) is 12.8 Å². The van der Waals surface area contributed by atoms with Gasteiger partial charge in [0.15, 0.2) is 0 Å². The van der Waals surface area contributed by atoms with Crippen LogP contribution >= 0.6 is 11.9 Å². The van der Waals surface area contributed by atoms with Gasteiger partial charge < -0.3 is 14.8 Å². The van der Waals surface area contributed by atoms with Crippen molar-refractivity contribution in [3.05, 3.63) is 29.3 Å². The standard InChI is InChI=1S/C18H20N4O5S/c1-26-12-5-10(6-13(7-12)27-2)19-15(23)8-21-14-9-28-20-16(14)17(24)22(18(21)25)11-3-4-11/h5-7,9,11,16,20H,3-4,8H2,1-2H3,(H,19,23). The third-order valence-corrected chi connectivity index (χ3v) is 5.47. The van der Waals surface area contributed by atoms with E-state index >= 15 is 0 Å². The monoisotopic (exact) mass is 404 g/mol. The second-order valence-corrected chi connectivity index (χ2v) is 7.38. The number of ether oxygens (including phenoxy) is 2. The third kappa shape index (κ3) is 3.40. The topological polar surface area (TPSA) is 100 Å². The average Bonchev–Trinajstić information content (AvgIpc) is 3.39. The van der Waals surface area contributed by atoms with Crippen molar-refractivity contribution in [3.8, 4) is 11.5 Å². The molecule has 4 amide bonds. The molecular formula is C18H20N4O5S. The van der Waals surface area contributed by atoms with Crippen LogP contribution in [0.5, 0.6) is 11.5 Å². The van der Waals surface area contributed by atoms with Crippen LogP contribution in [0.25, 0.3) is 0 Å². The number of carbonyl (C=O) groups excluding carboxylic acids is 3. The van der Waals surface area contributed by atoms with Gasteiger partial charge in [0.1, 0.15) is 24.1 Å². The number of amides is 4. The summed E-state index contributed by atoms with van der Waals surface area (Å²) in [6, 6.07) is 3.90. The Balaban J connectivity index is 1.52. The van der Waals surface area contributed by atoms with Gasteiger partial charge in [0.2, 0.25) is 5.91 Å². The molecule has 1 unspecified atom stereocenters. The summed E-state index contributed by atoms with van der Waals surface area (Å²) in [6.07, 6.45) is 1.61. The zero-order valence-corrected chi connectivity index (χ0v) is 16.2. The minimum atomic E-state index is -0.604. The lowest BCUT2D eigenvalue weighted by atomic mass is 10.1. The van der Waals surface area contributed by atoms with Crippen LogP contribution in [0.15, 0.2) is 29.3 Å². The van der Waals surface area contributed by atoms with Crippen molar-refractivity contribution in [2.75, 3.05) is 26.1 Å². The van der Waals surface area contributed by atoms with Crippen LogP contribution in [-0.2, 0) is 9.59 Å². The molecule has 1 atom stereocenters. The molecule has 1 aliphatic carbocycles. The van der Waals surface area contributed by atoms with Gasteiger partial charge in [-0.2, -0.15) is 0 Å². The Kier molecular flexibility index (Phi) is 4.90. The molecule has 0 bridgehead atoms. The molecule has 10 heteroatoms. The number of fused-ring (bicyclic) bond motifs is 1. The van der Waals surface area contributed by atoms with Crippen LogP contribution in [0.2, 0.25) is 0 Å². The van der Waals surface area contributed by atoms with E-state index in [9.17, 15) is 14.4 Å². The number of imide groups is 1. The highest BCUT2D eigenvalue weighted by Crippen LogP contribution is 2.36. The summed E-state index contributed by atoms with van der Waals surface area (Å²) >= 11 is 1.25. The summed E-state index contributed by atoms with van der Waals surface area (Å²) in [4.78, 5) is 40.8. The van der Waals surface area contributed by atoms with Crippen LogP contribution in [0.4, 0.5) is 10.5 Å². The highest BCUT2D eigenvalue weighted by atomic mass is 32.2. The number of rotatable bonds is 6. The van der Waals surface area contributed by atoms with Crippen LogP contribution in [0.3, 0.4) is 0 Å². The van der Waals surface area contributed by atoms with E-state index in [1.807, 2.05) is 0 Å². The summed E-state index contributed by atoms with van der Waals surface area (Å²) in [7, 11) is 3.04. The second-order valence-electron chi connectivity index (χ2n) is 6.67. The molecule has 1 aromatic carbocycles. The normalized spacial score (nSPS) is 21.4. The number of urea groups is 1. The number of anilines is 1. The SMILES string of the molecule is COc1cc(NC(=O)CN2C(=O)N(C3CC3)C(=O)C3NSC=C32)cc(OC)c1. The van der Waals surface area contributed by atoms with Crippen molar-refractivity contribution in [2.45, 2.75) is 24.9 Å². The van der Waals surface area contributed by atoms with Gasteiger partial charge in [-0.05, 0) is 12.8 Å². The zero-order valence-electron chi connectivity index (χ0n) is 15.4. The lowest BCUT2D eigenvalue weighted by Gasteiger charge is -2.38. The summed E-state index contributed by atoms with van der Waals surface area (Å²) in [5, 5.41) is 4.46. The fourth-order valence-corrected chi connectivity index (χ4v) is 4.02. The lowest BCUT2D eigenvalue weighted by molar-refractivity contribution is -0.132. The average molecular weight is 404 g/mol. The summed E-state index contributed by atoms with van der Waals surface area (Å²) < 4.78 is 13.4. The van der Waals surface area contributed by atoms with E-state index in [4.69, 9.17) is 9.47 Å². The molecule has 1 aromatic rings. The predicted molar refractivity (Wildman–Crippen MR) is 103 cm³/mol. The van der Waals surface area contributed by atoms with E-state index in [0.29, 0.717) is 22.9 Å². The Labute approximate surface area is 166 Å². The quantitative estimate of drug-likeness (QED) is 0.694. The highest BCUT2D eigenvalue weighted by molar-refractivity contribution is 8.00. The van der Waals surface area contributed by atoms with Gasteiger partial charge in [-0.25, -0.2) is 9.52 Å². The molecule has 9 nitrogen and oxygen atoms in total. The van der Waals surface area contributed by atoms with Crippen molar-refractivity contribution in [1.29, 1.82) is 0 Å². The Morgan fingerprint density at radius 3 is 2.50 bits per heavy atom. The summed E-state index contributed by atoms with van der Waals surface area (Å²) in [5.41, 5.74) is 1.00. The molecule has 4 rings (SSSR count). The van der Waals surface area contributed by atoms with Gasteiger partial charge in [-0.1, -0.05) is 11.9 Å². The van der Waals surface area contributed by atoms with Gasteiger partial charge >= 0.3 is 6.03 Å². The van der Waals surface area contributed by atoms with E-state index < -0.39 is 12.1 Å². The van der Waals surface area contributed by atoms with E-state index in [1.54, 1.807) is 23.6 Å². The molecule has 0 spiro atoms. The van der Waals surface area contributed by atoms with Gasteiger partial charge in [-0.3, -0.25) is 19.4 Å². The molecule has 0 radical (unpaired) electrons. The van der Waals surface area contributed by atoms with Crippen molar-refractivity contribution in [3.63, 3.8) is 0 Å². The van der Waals surface area contributed by atoms with Crippen LogP contribution < -0.4 is 19.5 Å². The smallest absolute Gasteiger partial charge is 0.331 e. The first-order valence-corrected chi connectivity index (χ1v) is 9.68. The fraction of sp³-hybridized carbons (Fsp3) is 0.389. The molecule has 1 saturated carbocycles. The zero-order chi connectivity index (χ0) is 19.8. The lowest BCUT2D eigenvalue weighted by Crippen LogP contribution is -2.60. The van der Waals surface area contributed by atoms with Crippen LogP contribution in [-0.4, -0.2) is 60.5 Å². The number of hydrogen-bond acceptors (Lipinski definition) is 7. The van der Waals surface area contributed by atoms with Crippen molar-refractivity contribution in [1.82, 2.24) is 14.5 Å². The molecule has 3 aliphatic rings. The maximum atomic E-state index is 12.9. The molecule has 2 aliphatic heterocycles. The van der Waals surface area contributed by atoms with E-state index in [1.165, 1.54) is 36.0 Å². The first-order chi connectivity index (χ1) is 13.5. The maximum absolute atomic E-state index is 12.9. The van der Waals surface area contributed by atoms with Crippen LogP contribution in [0, 0.1) is 0 Å². The van der Waals surface area contributed by atoms with Gasteiger partial charge in [0.05, 0.1) is 19.9 Å². The van der Waals surface area contributed by atoms with Gasteiger partial charge in [0.25, 0.3) is 5.91 Å². The Morgan fingerprint density at radius 1 is 1.21 bits per heavy atom. The first-order valence-electron chi connectivity index (χ1n) is 8.80. The minimum absolute atomic E-state index is 0.0674. The number of carbonyl (C=O) groups is 3. The molecule has 2 fully saturated rings. The van der Waals surface area contributed by atoms with E-state index in [2.05, 4.69) is 10.0 Å². The molecule has 2 N–H and O–H groups in total.